The SMILES string of the molecule is CCC(SCCC(C)N)C(=O)NN. The lowest BCUT2D eigenvalue weighted by Gasteiger charge is -2.12. The zero-order valence-corrected chi connectivity index (χ0v) is 9.06. The maximum Gasteiger partial charge on any atom is 0.246 e. The first kappa shape index (κ1) is 12.7. The Labute approximate surface area is 83.8 Å². The molecular formula is C8H19N3OS. The highest BCUT2D eigenvalue weighted by Gasteiger charge is 2.15. The summed E-state index contributed by atoms with van der Waals surface area (Å²) < 4.78 is 0. The third-order valence-corrected chi connectivity index (χ3v) is 3.12. The summed E-state index contributed by atoms with van der Waals surface area (Å²) in [6, 6.07) is 0.200. The topological polar surface area (TPSA) is 81.1 Å². The molecule has 0 saturated carbocycles. The fraction of sp³-hybridized carbons (Fsp3) is 0.875. The monoisotopic (exact) mass is 205 g/mol. The van der Waals surface area contributed by atoms with Crippen LogP contribution in [0.15, 0.2) is 0 Å². The van der Waals surface area contributed by atoms with Gasteiger partial charge in [-0.05, 0) is 25.5 Å². The lowest BCUT2D eigenvalue weighted by Crippen LogP contribution is -2.37. The van der Waals surface area contributed by atoms with Gasteiger partial charge in [-0.3, -0.25) is 10.2 Å². The molecule has 78 valence electrons. The molecule has 0 aliphatic heterocycles. The van der Waals surface area contributed by atoms with Crippen LogP contribution in [0.1, 0.15) is 26.7 Å². The van der Waals surface area contributed by atoms with Gasteiger partial charge in [0.15, 0.2) is 0 Å². The summed E-state index contributed by atoms with van der Waals surface area (Å²) in [4.78, 5) is 11.1. The molecule has 0 heterocycles. The van der Waals surface area contributed by atoms with Gasteiger partial charge in [-0.1, -0.05) is 6.92 Å². The summed E-state index contributed by atoms with van der Waals surface area (Å²) >= 11 is 1.61. The Morgan fingerprint density at radius 3 is 2.62 bits per heavy atom. The van der Waals surface area contributed by atoms with E-state index >= 15 is 0 Å². The van der Waals surface area contributed by atoms with Gasteiger partial charge in [0.25, 0.3) is 0 Å². The number of hydrogen-bond donors (Lipinski definition) is 3. The number of amides is 1. The number of carbonyl (C=O) groups excluding carboxylic acids is 1. The van der Waals surface area contributed by atoms with Gasteiger partial charge < -0.3 is 5.73 Å². The van der Waals surface area contributed by atoms with E-state index in [1.54, 1.807) is 11.8 Å². The first-order chi connectivity index (χ1) is 6.11. The third-order valence-electron chi connectivity index (χ3n) is 1.70. The van der Waals surface area contributed by atoms with Gasteiger partial charge in [0.1, 0.15) is 0 Å². The molecule has 0 fully saturated rings. The molecule has 1 amide bonds. The highest BCUT2D eigenvalue weighted by molar-refractivity contribution is 8.00. The number of nitrogens with two attached hydrogens (primary N) is 2. The summed E-state index contributed by atoms with van der Waals surface area (Å²) in [7, 11) is 0. The van der Waals surface area contributed by atoms with Crippen molar-refractivity contribution in [3.8, 4) is 0 Å². The van der Waals surface area contributed by atoms with Crippen LogP contribution in [0.3, 0.4) is 0 Å². The lowest BCUT2D eigenvalue weighted by molar-refractivity contribution is -0.120. The second kappa shape index (κ2) is 7.17. The van der Waals surface area contributed by atoms with Crippen molar-refractivity contribution < 1.29 is 4.79 Å². The highest BCUT2D eigenvalue weighted by atomic mass is 32.2. The van der Waals surface area contributed by atoms with Crippen molar-refractivity contribution in [2.75, 3.05) is 5.75 Å². The summed E-state index contributed by atoms with van der Waals surface area (Å²) in [6.45, 7) is 3.93. The second-order valence-electron chi connectivity index (χ2n) is 3.04. The number of hydrogen-bond acceptors (Lipinski definition) is 4. The smallest absolute Gasteiger partial charge is 0.246 e. The van der Waals surface area contributed by atoms with Gasteiger partial charge in [0.05, 0.1) is 5.25 Å². The molecule has 2 unspecified atom stereocenters. The molecule has 5 N–H and O–H groups in total. The van der Waals surface area contributed by atoms with E-state index in [1.807, 2.05) is 13.8 Å². The first-order valence-electron chi connectivity index (χ1n) is 4.49. The Morgan fingerprint density at radius 2 is 2.23 bits per heavy atom. The van der Waals surface area contributed by atoms with Crippen LogP contribution in [-0.2, 0) is 4.79 Å². The Kier molecular flexibility index (Phi) is 7.03. The quantitative estimate of drug-likeness (QED) is 0.329. The largest absolute Gasteiger partial charge is 0.328 e. The Bertz CT molecular complexity index is 152. The molecule has 0 radical (unpaired) electrons. The number of hydrazine groups is 1. The zero-order valence-electron chi connectivity index (χ0n) is 8.25. The first-order valence-corrected chi connectivity index (χ1v) is 5.54. The molecule has 13 heavy (non-hydrogen) atoms. The number of nitrogens with one attached hydrogen (secondary N) is 1. The van der Waals surface area contributed by atoms with Crippen LogP contribution < -0.4 is 17.0 Å². The van der Waals surface area contributed by atoms with Crippen molar-refractivity contribution in [2.45, 2.75) is 38.0 Å². The van der Waals surface area contributed by atoms with Crippen molar-refractivity contribution in [3.05, 3.63) is 0 Å². The minimum atomic E-state index is -0.0998. The minimum Gasteiger partial charge on any atom is -0.328 e. The molecule has 4 nitrogen and oxygen atoms in total. The van der Waals surface area contributed by atoms with Crippen molar-refractivity contribution in [1.29, 1.82) is 0 Å². The lowest BCUT2D eigenvalue weighted by atomic mass is 10.3. The average Bonchev–Trinajstić information content (AvgIpc) is 2.11. The van der Waals surface area contributed by atoms with Crippen LogP contribution in [0.4, 0.5) is 0 Å². The van der Waals surface area contributed by atoms with Gasteiger partial charge in [0.2, 0.25) is 5.91 Å². The molecule has 0 spiro atoms. The van der Waals surface area contributed by atoms with E-state index in [4.69, 9.17) is 11.6 Å². The molecule has 0 saturated heterocycles. The molecule has 0 aromatic heterocycles. The van der Waals surface area contributed by atoms with Crippen molar-refractivity contribution >= 4 is 17.7 Å². The highest BCUT2D eigenvalue weighted by Crippen LogP contribution is 2.15. The molecule has 0 aromatic carbocycles. The van der Waals surface area contributed by atoms with E-state index < -0.39 is 0 Å². The van der Waals surface area contributed by atoms with Crippen LogP contribution in [0.2, 0.25) is 0 Å². The zero-order chi connectivity index (χ0) is 10.3. The number of thioether (sulfide) groups is 1. The normalized spacial score (nSPS) is 15.1. The summed E-state index contributed by atoms with van der Waals surface area (Å²) in [5.74, 6) is 5.85. The molecule has 0 rings (SSSR count). The average molecular weight is 205 g/mol. The van der Waals surface area contributed by atoms with Crippen molar-refractivity contribution in [3.63, 3.8) is 0 Å². The van der Waals surface area contributed by atoms with E-state index in [0.717, 1.165) is 18.6 Å². The predicted molar refractivity (Wildman–Crippen MR) is 57.1 cm³/mol. The van der Waals surface area contributed by atoms with Crippen LogP contribution >= 0.6 is 11.8 Å². The van der Waals surface area contributed by atoms with Crippen LogP contribution in [0, 0.1) is 0 Å². The summed E-state index contributed by atoms with van der Waals surface area (Å²) in [5.41, 5.74) is 7.75. The Balaban J connectivity index is 3.66. The molecule has 0 aromatic rings. The van der Waals surface area contributed by atoms with Gasteiger partial charge in [-0.25, -0.2) is 5.84 Å². The van der Waals surface area contributed by atoms with Crippen LogP contribution in [-0.4, -0.2) is 23.0 Å². The fourth-order valence-electron chi connectivity index (χ4n) is 0.868. The molecule has 0 aliphatic rings. The van der Waals surface area contributed by atoms with Crippen LogP contribution in [0.5, 0.6) is 0 Å². The molecule has 0 bridgehead atoms. The van der Waals surface area contributed by atoms with Gasteiger partial charge >= 0.3 is 0 Å². The van der Waals surface area contributed by atoms with E-state index in [1.165, 1.54) is 0 Å². The van der Waals surface area contributed by atoms with E-state index in [-0.39, 0.29) is 17.2 Å². The minimum absolute atomic E-state index is 0.0382. The van der Waals surface area contributed by atoms with Crippen molar-refractivity contribution in [2.24, 2.45) is 11.6 Å². The predicted octanol–water partition coefficient (Wildman–Crippen LogP) is 0.225. The van der Waals surface area contributed by atoms with E-state index in [9.17, 15) is 4.79 Å². The second-order valence-corrected chi connectivity index (χ2v) is 4.35. The molecular weight excluding hydrogens is 186 g/mol. The molecule has 5 heteroatoms. The standard InChI is InChI=1S/C8H19N3OS/c1-3-7(8(12)11-10)13-5-4-6(2)9/h6-7H,3-5,9-10H2,1-2H3,(H,11,12). The van der Waals surface area contributed by atoms with Crippen molar-refractivity contribution in [1.82, 2.24) is 5.43 Å². The Hall–Kier alpha value is -0.260. The van der Waals surface area contributed by atoms with Crippen LogP contribution in [0.25, 0.3) is 0 Å². The molecule has 2 atom stereocenters. The van der Waals surface area contributed by atoms with Gasteiger partial charge in [0, 0.05) is 6.04 Å². The maximum absolute atomic E-state index is 11.1. The maximum atomic E-state index is 11.1. The Morgan fingerprint density at radius 1 is 1.62 bits per heavy atom. The number of carbonyl (C=O) groups is 1. The molecule has 0 aliphatic carbocycles. The summed E-state index contributed by atoms with van der Waals surface area (Å²) in [5, 5.41) is -0.0382. The fourth-order valence-corrected chi connectivity index (χ4v) is 2.12. The van der Waals surface area contributed by atoms with E-state index in [0.29, 0.717) is 0 Å². The third kappa shape index (κ3) is 5.90. The van der Waals surface area contributed by atoms with E-state index in [2.05, 4.69) is 5.43 Å². The van der Waals surface area contributed by atoms with Gasteiger partial charge in [-0.15, -0.1) is 11.8 Å². The van der Waals surface area contributed by atoms with Gasteiger partial charge in [-0.2, -0.15) is 0 Å². The summed E-state index contributed by atoms with van der Waals surface area (Å²) in [6.07, 6.45) is 1.73. The number of rotatable bonds is 6.